The van der Waals surface area contributed by atoms with E-state index in [0.29, 0.717) is 38.8 Å². The molecule has 0 aliphatic carbocycles. The molecule has 0 aromatic heterocycles. The van der Waals surface area contributed by atoms with Crippen molar-refractivity contribution < 1.29 is 18.8 Å². The van der Waals surface area contributed by atoms with Crippen LogP contribution in [0.1, 0.15) is 24.8 Å². The van der Waals surface area contributed by atoms with Crippen molar-refractivity contribution >= 4 is 29.4 Å². The van der Waals surface area contributed by atoms with Gasteiger partial charge in [-0.25, -0.2) is 9.18 Å². The predicted octanol–water partition coefficient (Wildman–Crippen LogP) is 1.95. The fourth-order valence-electron chi connectivity index (χ4n) is 3.28. The van der Waals surface area contributed by atoms with Crippen LogP contribution in [0.2, 0.25) is 5.02 Å². The second kappa shape index (κ2) is 7.39. The highest BCUT2D eigenvalue weighted by Crippen LogP contribution is 2.21. The molecule has 6 nitrogen and oxygen atoms in total. The summed E-state index contributed by atoms with van der Waals surface area (Å²) in [5.74, 6) is -0.668. The predicted molar refractivity (Wildman–Crippen MR) is 89.6 cm³/mol. The van der Waals surface area contributed by atoms with Crippen molar-refractivity contribution in [1.29, 1.82) is 0 Å². The molecule has 2 saturated heterocycles. The van der Waals surface area contributed by atoms with Crippen molar-refractivity contribution in [1.82, 2.24) is 15.1 Å². The molecule has 2 heterocycles. The first-order valence-electron chi connectivity index (χ1n) is 8.27. The molecule has 1 N–H and O–H groups in total. The van der Waals surface area contributed by atoms with Gasteiger partial charge in [-0.05, 0) is 37.0 Å². The largest absolute Gasteiger partial charge is 0.343 e. The van der Waals surface area contributed by atoms with Gasteiger partial charge in [0.15, 0.2) is 0 Å². The second-order valence-electron chi connectivity index (χ2n) is 6.28. The molecule has 2 aliphatic heterocycles. The summed E-state index contributed by atoms with van der Waals surface area (Å²) >= 11 is 5.74. The van der Waals surface area contributed by atoms with Crippen molar-refractivity contribution in [3.05, 3.63) is 34.6 Å². The third kappa shape index (κ3) is 3.92. The van der Waals surface area contributed by atoms with Gasteiger partial charge in [0.2, 0.25) is 11.8 Å². The summed E-state index contributed by atoms with van der Waals surface area (Å²) in [6.07, 6.45) is 1.99. The van der Waals surface area contributed by atoms with Crippen molar-refractivity contribution in [2.75, 3.05) is 19.6 Å². The lowest BCUT2D eigenvalue weighted by Crippen LogP contribution is -2.49. The Bertz CT molecular complexity index is 688. The Kier molecular flexibility index (Phi) is 5.22. The first kappa shape index (κ1) is 17.7. The molecule has 2 fully saturated rings. The summed E-state index contributed by atoms with van der Waals surface area (Å²) in [6.45, 7) is 1.09. The summed E-state index contributed by atoms with van der Waals surface area (Å²) in [5.41, 5.74) is 0.814. The van der Waals surface area contributed by atoms with E-state index >= 15 is 0 Å². The highest BCUT2D eigenvalue weighted by Gasteiger charge is 2.37. The van der Waals surface area contributed by atoms with Gasteiger partial charge in [-0.15, -0.1) is 0 Å². The number of hydrogen-bond acceptors (Lipinski definition) is 3. The number of amides is 4. The van der Waals surface area contributed by atoms with Gasteiger partial charge in [-0.1, -0.05) is 17.7 Å². The lowest BCUT2D eigenvalue weighted by molar-refractivity contribution is -0.133. The third-order valence-corrected chi connectivity index (χ3v) is 4.96. The van der Waals surface area contributed by atoms with E-state index in [4.69, 9.17) is 11.6 Å². The lowest BCUT2D eigenvalue weighted by Gasteiger charge is -2.35. The molecular formula is C17H19ClFN3O3. The number of likely N-dealkylation sites (tertiary alicyclic amines) is 1. The maximum absolute atomic E-state index is 13.1. The van der Waals surface area contributed by atoms with E-state index in [2.05, 4.69) is 5.32 Å². The van der Waals surface area contributed by atoms with Crippen LogP contribution < -0.4 is 5.32 Å². The van der Waals surface area contributed by atoms with E-state index < -0.39 is 5.82 Å². The van der Waals surface area contributed by atoms with Crippen LogP contribution in [0.4, 0.5) is 9.18 Å². The number of halogens is 2. The number of benzene rings is 1. The molecule has 0 unspecified atom stereocenters. The van der Waals surface area contributed by atoms with E-state index in [0.717, 1.165) is 5.56 Å². The van der Waals surface area contributed by atoms with Crippen molar-refractivity contribution in [2.45, 2.75) is 31.7 Å². The molecule has 0 spiro atoms. The number of piperidine rings is 1. The molecule has 0 radical (unpaired) electrons. The summed E-state index contributed by atoms with van der Waals surface area (Å²) in [7, 11) is 0. The van der Waals surface area contributed by atoms with E-state index in [9.17, 15) is 18.8 Å². The summed E-state index contributed by atoms with van der Waals surface area (Å²) < 4.78 is 13.1. The molecule has 3 rings (SSSR count). The molecule has 0 saturated carbocycles. The van der Waals surface area contributed by atoms with E-state index in [1.165, 1.54) is 17.0 Å². The second-order valence-corrected chi connectivity index (χ2v) is 6.69. The molecular weight excluding hydrogens is 349 g/mol. The Morgan fingerprint density at radius 2 is 2.00 bits per heavy atom. The molecule has 4 amide bonds. The number of nitrogens with zero attached hydrogens (tertiary/aromatic N) is 2. The Labute approximate surface area is 149 Å². The summed E-state index contributed by atoms with van der Waals surface area (Å²) in [6, 6.07) is 3.97. The first-order valence-corrected chi connectivity index (χ1v) is 8.65. The Hall–Kier alpha value is -2.15. The summed E-state index contributed by atoms with van der Waals surface area (Å²) in [5, 5.41) is 2.57. The van der Waals surface area contributed by atoms with Crippen LogP contribution in [0.3, 0.4) is 0 Å². The molecule has 0 bridgehead atoms. The fraction of sp³-hybridized carbons (Fsp3) is 0.471. The number of nitrogens with one attached hydrogen (secondary N) is 1. The van der Waals surface area contributed by atoms with E-state index in [-0.39, 0.29) is 35.5 Å². The van der Waals surface area contributed by atoms with Gasteiger partial charge < -0.3 is 10.2 Å². The van der Waals surface area contributed by atoms with Gasteiger partial charge in [0.05, 0.1) is 11.6 Å². The number of hydrogen-bond donors (Lipinski definition) is 1. The van der Waals surface area contributed by atoms with Crippen LogP contribution in [-0.2, 0) is 16.0 Å². The van der Waals surface area contributed by atoms with Gasteiger partial charge in [0, 0.05) is 25.6 Å². The molecule has 0 atom stereocenters. The smallest absolute Gasteiger partial charge is 0.324 e. The van der Waals surface area contributed by atoms with Crippen LogP contribution in [0.15, 0.2) is 18.2 Å². The number of carbonyl (C=O) groups excluding carboxylic acids is 3. The minimum atomic E-state index is -0.473. The van der Waals surface area contributed by atoms with Gasteiger partial charge >= 0.3 is 6.03 Å². The van der Waals surface area contributed by atoms with Crippen LogP contribution in [-0.4, -0.2) is 53.3 Å². The van der Waals surface area contributed by atoms with Crippen LogP contribution in [0.5, 0.6) is 0 Å². The Morgan fingerprint density at radius 1 is 1.28 bits per heavy atom. The average molecular weight is 368 g/mol. The molecule has 1 aromatic rings. The molecule has 25 heavy (non-hydrogen) atoms. The van der Waals surface area contributed by atoms with Gasteiger partial charge in [-0.3, -0.25) is 14.5 Å². The zero-order valence-corrected chi connectivity index (χ0v) is 14.4. The molecule has 8 heteroatoms. The zero-order valence-electron chi connectivity index (χ0n) is 13.6. The normalized spacial score (nSPS) is 18.6. The highest BCUT2D eigenvalue weighted by atomic mass is 35.5. The quantitative estimate of drug-likeness (QED) is 0.827. The highest BCUT2D eigenvalue weighted by molar-refractivity contribution is 6.30. The van der Waals surface area contributed by atoms with E-state index in [1.54, 1.807) is 11.0 Å². The summed E-state index contributed by atoms with van der Waals surface area (Å²) in [4.78, 5) is 38.8. The number of imide groups is 1. The number of aryl methyl sites for hydroxylation is 1. The monoisotopic (exact) mass is 367 g/mol. The minimum Gasteiger partial charge on any atom is -0.343 e. The average Bonchev–Trinajstić information content (AvgIpc) is 2.94. The van der Waals surface area contributed by atoms with Crippen LogP contribution in [0.25, 0.3) is 0 Å². The SMILES string of the molecule is O=C(CCc1ccc(F)c(Cl)c1)N1CCC(N2C(=O)CNC2=O)CC1. The third-order valence-electron chi connectivity index (χ3n) is 4.67. The molecule has 134 valence electrons. The number of urea groups is 1. The molecule has 2 aliphatic rings. The van der Waals surface area contributed by atoms with Crippen molar-refractivity contribution in [3.63, 3.8) is 0 Å². The molecule has 1 aromatic carbocycles. The van der Waals surface area contributed by atoms with Crippen LogP contribution in [0, 0.1) is 5.82 Å². The Morgan fingerprint density at radius 3 is 2.60 bits per heavy atom. The van der Waals surface area contributed by atoms with Gasteiger partial charge in [-0.2, -0.15) is 0 Å². The van der Waals surface area contributed by atoms with Gasteiger partial charge in [0.1, 0.15) is 5.82 Å². The lowest BCUT2D eigenvalue weighted by atomic mass is 10.0. The van der Waals surface area contributed by atoms with E-state index in [1.807, 2.05) is 0 Å². The standard InChI is InChI=1S/C17H19ClFN3O3/c18-13-9-11(1-3-14(13)19)2-4-15(23)21-7-5-12(6-8-21)22-16(24)10-20-17(22)25/h1,3,9,12H,2,4-8,10H2,(H,20,25). The zero-order chi connectivity index (χ0) is 18.0. The fourth-order valence-corrected chi connectivity index (χ4v) is 3.49. The first-order chi connectivity index (χ1) is 12.0. The number of carbonyl (C=O) groups is 3. The maximum Gasteiger partial charge on any atom is 0.324 e. The Balaban J connectivity index is 1.49. The maximum atomic E-state index is 13.1. The minimum absolute atomic E-state index is 0.0103. The number of rotatable bonds is 4. The van der Waals surface area contributed by atoms with Crippen molar-refractivity contribution in [3.8, 4) is 0 Å². The topological polar surface area (TPSA) is 69.7 Å². The van der Waals surface area contributed by atoms with Gasteiger partial charge in [0.25, 0.3) is 0 Å². The van der Waals surface area contributed by atoms with Crippen molar-refractivity contribution in [2.24, 2.45) is 0 Å². The van der Waals surface area contributed by atoms with Crippen LogP contribution >= 0.6 is 11.6 Å².